The van der Waals surface area contributed by atoms with Crippen LogP contribution in [-0.2, 0) is 0 Å². The van der Waals surface area contributed by atoms with Crippen LogP contribution in [0.1, 0.15) is 31.4 Å². The lowest BCUT2D eigenvalue weighted by Crippen LogP contribution is -2.23. The van der Waals surface area contributed by atoms with Crippen LogP contribution in [0.2, 0.25) is 0 Å². The minimum absolute atomic E-state index is 0.124. The van der Waals surface area contributed by atoms with Gasteiger partial charge in [-0.1, -0.05) is 6.92 Å². The minimum Gasteiger partial charge on any atom is -0.497 e. The van der Waals surface area contributed by atoms with Gasteiger partial charge in [0.2, 0.25) is 0 Å². The Hall–Kier alpha value is -1.26. The summed E-state index contributed by atoms with van der Waals surface area (Å²) in [6.45, 7) is 3.19. The predicted molar refractivity (Wildman–Crippen MR) is 72.3 cm³/mol. The molecule has 0 amide bonds. The fraction of sp³-hybridized carbons (Fsp3) is 0.571. The summed E-state index contributed by atoms with van der Waals surface area (Å²) in [6, 6.07) is 5.93. The van der Waals surface area contributed by atoms with E-state index >= 15 is 0 Å². The van der Waals surface area contributed by atoms with E-state index in [1.54, 1.807) is 14.2 Å². The zero-order valence-electron chi connectivity index (χ0n) is 11.4. The van der Waals surface area contributed by atoms with Crippen molar-refractivity contribution in [2.75, 3.05) is 27.4 Å². The molecule has 0 aromatic heterocycles. The Morgan fingerprint density at radius 3 is 2.22 bits per heavy atom. The predicted octanol–water partition coefficient (Wildman–Crippen LogP) is 2.13. The van der Waals surface area contributed by atoms with Crippen LogP contribution in [-0.4, -0.2) is 32.5 Å². The molecule has 0 spiro atoms. The van der Waals surface area contributed by atoms with Gasteiger partial charge >= 0.3 is 0 Å². The maximum atomic E-state index is 9.15. The maximum absolute atomic E-state index is 9.15. The zero-order chi connectivity index (χ0) is 13.4. The molecule has 0 radical (unpaired) electrons. The highest BCUT2D eigenvalue weighted by atomic mass is 16.5. The fourth-order valence-electron chi connectivity index (χ4n) is 1.86. The van der Waals surface area contributed by atoms with E-state index in [2.05, 4.69) is 12.2 Å². The number of hydrogen-bond acceptors (Lipinski definition) is 4. The van der Waals surface area contributed by atoms with Gasteiger partial charge in [0.05, 0.1) is 14.2 Å². The zero-order valence-corrected chi connectivity index (χ0v) is 11.4. The molecule has 4 heteroatoms. The van der Waals surface area contributed by atoms with Crippen LogP contribution in [0.25, 0.3) is 0 Å². The average Bonchev–Trinajstić information content (AvgIpc) is 2.42. The van der Waals surface area contributed by atoms with Gasteiger partial charge < -0.3 is 19.9 Å². The van der Waals surface area contributed by atoms with Crippen LogP contribution < -0.4 is 14.8 Å². The van der Waals surface area contributed by atoms with Crippen LogP contribution in [0.3, 0.4) is 0 Å². The summed E-state index contributed by atoms with van der Waals surface area (Å²) in [5.41, 5.74) is 1.08. The molecule has 1 rings (SSSR count). The number of methoxy groups -OCH3 is 2. The molecule has 2 N–H and O–H groups in total. The van der Waals surface area contributed by atoms with E-state index in [-0.39, 0.29) is 12.6 Å². The van der Waals surface area contributed by atoms with E-state index in [1.807, 2.05) is 18.2 Å². The lowest BCUT2D eigenvalue weighted by Gasteiger charge is -2.19. The quantitative estimate of drug-likeness (QED) is 0.745. The first-order chi connectivity index (χ1) is 8.74. The SMILES string of the molecule is CCCNC(CCO)c1cc(OC)cc(OC)c1. The van der Waals surface area contributed by atoms with Gasteiger partial charge in [-0.25, -0.2) is 0 Å². The second kappa shape index (κ2) is 7.95. The molecule has 0 saturated carbocycles. The topological polar surface area (TPSA) is 50.7 Å². The van der Waals surface area contributed by atoms with Crippen LogP contribution >= 0.6 is 0 Å². The molecule has 102 valence electrons. The lowest BCUT2D eigenvalue weighted by atomic mass is 10.0. The molecule has 1 atom stereocenters. The first-order valence-corrected chi connectivity index (χ1v) is 6.32. The Morgan fingerprint density at radius 1 is 1.17 bits per heavy atom. The van der Waals surface area contributed by atoms with Crippen molar-refractivity contribution in [3.63, 3.8) is 0 Å². The summed E-state index contributed by atoms with van der Waals surface area (Å²) >= 11 is 0. The lowest BCUT2D eigenvalue weighted by molar-refractivity contribution is 0.265. The van der Waals surface area contributed by atoms with Gasteiger partial charge in [-0.15, -0.1) is 0 Å². The van der Waals surface area contributed by atoms with Gasteiger partial charge in [0.25, 0.3) is 0 Å². The smallest absolute Gasteiger partial charge is 0.122 e. The Bertz CT molecular complexity index is 333. The second-order valence-electron chi connectivity index (χ2n) is 4.16. The van der Waals surface area contributed by atoms with E-state index in [9.17, 15) is 0 Å². The number of hydrogen-bond donors (Lipinski definition) is 2. The van der Waals surface area contributed by atoms with Gasteiger partial charge in [0, 0.05) is 18.7 Å². The number of rotatable bonds is 8. The number of aliphatic hydroxyl groups excluding tert-OH is 1. The molecule has 0 fully saturated rings. The molecule has 1 aromatic carbocycles. The van der Waals surface area contributed by atoms with Gasteiger partial charge in [-0.2, -0.15) is 0 Å². The van der Waals surface area contributed by atoms with Crippen LogP contribution in [0.15, 0.2) is 18.2 Å². The Balaban J connectivity index is 2.93. The largest absolute Gasteiger partial charge is 0.497 e. The van der Waals surface area contributed by atoms with Crippen molar-refractivity contribution in [2.24, 2.45) is 0 Å². The van der Waals surface area contributed by atoms with E-state index in [1.165, 1.54) is 0 Å². The van der Waals surface area contributed by atoms with Crippen LogP contribution in [0.4, 0.5) is 0 Å². The molecular formula is C14H23NO3. The standard InChI is InChI=1S/C14H23NO3/c1-4-6-15-14(5-7-16)11-8-12(17-2)10-13(9-11)18-3/h8-10,14-16H,4-7H2,1-3H3. The molecule has 4 nitrogen and oxygen atoms in total. The van der Waals surface area contributed by atoms with Crippen molar-refractivity contribution >= 4 is 0 Å². The van der Waals surface area contributed by atoms with Gasteiger partial charge in [0.15, 0.2) is 0 Å². The first-order valence-electron chi connectivity index (χ1n) is 6.32. The first kappa shape index (κ1) is 14.8. The molecule has 0 bridgehead atoms. The number of aliphatic hydroxyl groups is 1. The van der Waals surface area contributed by atoms with Crippen molar-refractivity contribution < 1.29 is 14.6 Å². The molecule has 0 aliphatic carbocycles. The normalized spacial score (nSPS) is 12.2. The average molecular weight is 253 g/mol. The monoisotopic (exact) mass is 253 g/mol. The summed E-state index contributed by atoms with van der Waals surface area (Å²) in [5, 5.41) is 12.6. The molecular weight excluding hydrogens is 230 g/mol. The van der Waals surface area contributed by atoms with E-state index in [4.69, 9.17) is 14.6 Å². The summed E-state index contributed by atoms with van der Waals surface area (Å²) in [5.74, 6) is 1.54. The Labute approximate surface area is 109 Å². The van der Waals surface area contributed by atoms with Crippen molar-refractivity contribution in [1.29, 1.82) is 0 Å². The van der Waals surface area contributed by atoms with Crippen molar-refractivity contribution in [3.05, 3.63) is 23.8 Å². The number of ether oxygens (including phenoxy) is 2. The van der Waals surface area contributed by atoms with Crippen molar-refractivity contribution in [2.45, 2.75) is 25.8 Å². The second-order valence-corrected chi connectivity index (χ2v) is 4.16. The fourth-order valence-corrected chi connectivity index (χ4v) is 1.86. The van der Waals surface area contributed by atoms with Gasteiger partial charge in [0.1, 0.15) is 11.5 Å². The minimum atomic E-state index is 0.124. The Morgan fingerprint density at radius 2 is 1.78 bits per heavy atom. The molecule has 0 heterocycles. The van der Waals surface area contributed by atoms with Crippen molar-refractivity contribution in [1.82, 2.24) is 5.32 Å². The number of benzene rings is 1. The van der Waals surface area contributed by atoms with Crippen LogP contribution in [0.5, 0.6) is 11.5 Å². The highest BCUT2D eigenvalue weighted by Crippen LogP contribution is 2.27. The van der Waals surface area contributed by atoms with E-state index in [0.717, 1.165) is 30.0 Å². The third kappa shape index (κ3) is 4.20. The molecule has 1 unspecified atom stereocenters. The third-order valence-electron chi connectivity index (χ3n) is 2.83. The molecule has 18 heavy (non-hydrogen) atoms. The summed E-state index contributed by atoms with van der Waals surface area (Å²) in [6.07, 6.45) is 1.74. The molecule has 0 saturated heterocycles. The highest BCUT2D eigenvalue weighted by molar-refractivity contribution is 5.39. The van der Waals surface area contributed by atoms with Gasteiger partial charge in [-0.05, 0) is 37.1 Å². The number of nitrogens with one attached hydrogen (secondary N) is 1. The van der Waals surface area contributed by atoms with E-state index in [0.29, 0.717) is 6.42 Å². The van der Waals surface area contributed by atoms with E-state index < -0.39 is 0 Å². The molecule has 1 aromatic rings. The summed E-state index contributed by atoms with van der Waals surface area (Å²) in [7, 11) is 3.28. The highest BCUT2D eigenvalue weighted by Gasteiger charge is 2.12. The van der Waals surface area contributed by atoms with Gasteiger partial charge in [-0.3, -0.25) is 0 Å². The maximum Gasteiger partial charge on any atom is 0.122 e. The summed E-state index contributed by atoms with van der Waals surface area (Å²) < 4.78 is 10.5. The Kier molecular flexibility index (Phi) is 6.54. The molecule has 0 aliphatic heterocycles. The summed E-state index contributed by atoms with van der Waals surface area (Å²) in [4.78, 5) is 0. The molecule has 0 aliphatic rings. The van der Waals surface area contributed by atoms with Crippen molar-refractivity contribution in [3.8, 4) is 11.5 Å². The third-order valence-corrected chi connectivity index (χ3v) is 2.83. The van der Waals surface area contributed by atoms with Crippen LogP contribution in [0, 0.1) is 0 Å².